The molecule has 0 N–H and O–H groups in total. The predicted octanol–water partition coefficient (Wildman–Crippen LogP) is -0.737. The quantitative estimate of drug-likeness (QED) is 0.558. The maximum Gasteiger partial charge on any atom is 0.237 e. The molecular formula is C6H11NO3S. The third-order valence-electron chi connectivity index (χ3n) is 1.59. The highest BCUT2D eigenvalue weighted by Gasteiger charge is 2.22. The van der Waals surface area contributed by atoms with Crippen molar-refractivity contribution >= 4 is 15.7 Å². The number of nitrogens with zero attached hydrogens (tertiary/aromatic N) is 1. The molecule has 0 aromatic rings. The minimum atomic E-state index is -3.14. The Balaban J connectivity index is 2.43. The van der Waals surface area contributed by atoms with Gasteiger partial charge in [-0.25, -0.2) is 8.42 Å². The first-order valence-corrected chi connectivity index (χ1v) is 5.50. The van der Waals surface area contributed by atoms with Crippen LogP contribution in [0.2, 0.25) is 0 Å². The third-order valence-corrected chi connectivity index (χ3v) is 2.37. The Morgan fingerprint density at radius 3 is 2.27 bits per heavy atom. The summed E-state index contributed by atoms with van der Waals surface area (Å²) in [4.78, 5) is 12.5. The average Bonchev–Trinajstić information content (AvgIpc) is 1.50. The van der Waals surface area contributed by atoms with Crippen LogP contribution in [0.4, 0.5) is 0 Å². The SMILES string of the molecule is CS(=O)(=O)CC(=O)N1CCC1. The molecular weight excluding hydrogens is 166 g/mol. The second-order valence-corrected chi connectivity index (χ2v) is 4.94. The minimum absolute atomic E-state index is 0.265. The van der Waals surface area contributed by atoms with Gasteiger partial charge in [-0.15, -0.1) is 0 Å². The summed E-state index contributed by atoms with van der Waals surface area (Å²) in [5, 5.41) is 0. The Hall–Kier alpha value is -0.580. The van der Waals surface area contributed by atoms with Crippen LogP contribution in [0.3, 0.4) is 0 Å². The number of hydrogen-bond acceptors (Lipinski definition) is 3. The number of carbonyl (C=O) groups is 1. The summed E-state index contributed by atoms with van der Waals surface area (Å²) >= 11 is 0. The zero-order chi connectivity index (χ0) is 8.48. The monoisotopic (exact) mass is 177 g/mol. The molecule has 11 heavy (non-hydrogen) atoms. The summed E-state index contributed by atoms with van der Waals surface area (Å²) < 4.78 is 21.3. The van der Waals surface area contributed by atoms with Gasteiger partial charge < -0.3 is 4.90 Å². The van der Waals surface area contributed by atoms with Crippen LogP contribution in [-0.2, 0) is 14.6 Å². The average molecular weight is 177 g/mol. The Bertz CT molecular complexity index is 253. The van der Waals surface area contributed by atoms with E-state index in [1.165, 1.54) is 0 Å². The lowest BCUT2D eigenvalue weighted by Gasteiger charge is -2.30. The highest BCUT2D eigenvalue weighted by atomic mass is 32.2. The predicted molar refractivity (Wildman–Crippen MR) is 40.9 cm³/mol. The van der Waals surface area contributed by atoms with Gasteiger partial charge in [-0.2, -0.15) is 0 Å². The number of sulfone groups is 1. The molecule has 0 spiro atoms. The number of likely N-dealkylation sites (tertiary alicyclic amines) is 1. The normalized spacial score (nSPS) is 17.7. The van der Waals surface area contributed by atoms with Crippen molar-refractivity contribution in [3.63, 3.8) is 0 Å². The van der Waals surface area contributed by atoms with Crippen LogP contribution in [0.25, 0.3) is 0 Å². The van der Waals surface area contributed by atoms with E-state index in [0.717, 1.165) is 12.7 Å². The summed E-state index contributed by atoms with van der Waals surface area (Å²) in [6.07, 6.45) is 2.07. The van der Waals surface area contributed by atoms with E-state index in [-0.39, 0.29) is 11.7 Å². The van der Waals surface area contributed by atoms with E-state index in [1.807, 2.05) is 0 Å². The molecule has 1 fully saturated rings. The molecule has 0 saturated carbocycles. The first-order chi connectivity index (χ1) is 4.99. The van der Waals surface area contributed by atoms with Crippen molar-refractivity contribution in [3.05, 3.63) is 0 Å². The largest absolute Gasteiger partial charge is 0.342 e. The van der Waals surface area contributed by atoms with E-state index in [0.29, 0.717) is 13.1 Å². The van der Waals surface area contributed by atoms with E-state index in [2.05, 4.69) is 0 Å². The first kappa shape index (κ1) is 8.52. The zero-order valence-corrected chi connectivity index (χ0v) is 7.23. The number of carbonyl (C=O) groups excluding carboxylic acids is 1. The molecule has 0 radical (unpaired) electrons. The second kappa shape index (κ2) is 2.81. The lowest BCUT2D eigenvalue weighted by atomic mass is 10.2. The van der Waals surface area contributed by atoms with Crippen molar-refractivity contribution in [2.24, 2.45) is 0 Å². The van der Waals surface area contributed by atoms with Gasteiger partial charge in [0.15, 0.2) is 9.84 Å². The Morgan fingerprint density at radius 2 is 2.00 bits per heavy atom. The molecule has 5 heteroatoms. The van der Waals surface area contributed by atoms with Gasteiger partial charge in [-0.05, 0) is 6.42 Å². The van der Waals surface area contributed by atoms with Crippen LogP contribution in [-0.4, -0.2) is 44.3 Å². The van der Waals surface area contributed by atoms with Crippen LogP contribution in [0, 0.1) is 0 Å². The molecule has 0 atom stereocenters. The number of hydrogen-bond donors (Lipinski definition) is 0. The van der Waals surface area contributed by atoms with Gasteiger partial charge >= 0.3 is 0 Å². The van der Waals surface area contributed by atoms with Gasteiger partial charge in [0.25, 0.3) is 0 Å². The highest BCUT2D eigenvalue weighted by Crippen LogP contribution is 2.06. The Kier molecular flexibility index (Phi) is 2.17. The Labute approximate surface area is 66.1 Å². The first-order valence-electron chi connectivity index (χ1n) is 3.44. The molecule has 1 rings (SSSR count). The molecule has 64 valence electrons. The molecule has 0 aromatic carbocycles. The zero-order valence-electron chi connectivity index (χ0n) is 6.41. The van der Waals surface area contributed by atoms with Gasteiger partial charge in [0.2, 0.25) is 5.91 Å². The van der Waals surface area contributed by atoms with E-state index in [9.17, 15) is 13.2 Å². The summed E-state index contributed by atoms with van der Waals surface area (Å²) in [7, 11) is -3.14. The topological polar surface area (TPSA) is 54.5 Å². The molecule has 0 unspecified atom stereocenters. The third kappa shape index (κ3) is 2.49. The van der Waals surface area contributed by atoms with Gasteiger partial charge in [0.05, 0.1) is 0 Å². The van der Waals surface area contributed by atoms with Crippen LogP contribution in [0.15, 0.2) is 0 Å². The van der Waals surface area contributed by atoms with Crippen molar-refractivity contribution in [3.8, 4) is 0 Å². The van der Waals surface area contributed by atoms with E-state index in [4.69, 9.17) is 0 Å². The molecule has 1 amide bonds. The highest BCUT2D eigenvalue weighted by molar-refractivity contribution is 7.91. The molecule has 4 nitrogen and oxygen atoms in total. The summed E-state index contributed by atoms with van der Waals surface area (Å²) in [6.45, 7) is 1.43. The summed E-state index contributed by atoms with van der Waals surface area (Å²) in [5.41, 5.74) is 0. The summed E-state index contributed by atoms with van der Waals surface area (Å²) in [5.74, 6) is -0.605. The fourth-order valence-electron chi connectivity index (χ4n) is 0.881. The van der Waals surface area contributed by atoms with Gasteiger partial charge in [-0.3, -0.25) is 4.79 Å². The fourth-order valence-corrected chi connectivity index (χ4v) is 1.51. The van der Waals surface area contributed by atoms with E-state index in [1.54, 1.807) is 4.90 Å². The second-order valence-electron chi connectivity index (χ2n) is 2.80. The lowest BCUT2D eigenvalue weighted by Crippen LogP contribution is -2.44. The molecule has 0 bridgehead atoms. The van der Waals surface area contributed by atoms with Crippen LogP contribution < -0.4 is 0 Å². The number of amides is 1. The lowest BCUT2D eigenvalue weighted by molar-refractivity contribution is -0.131. The van der Waals surface area contributed by atoms with Gasteiger partial charge in [-0.1, -0.05) is 0 Å². The van der Waals surface area contributed by atoms with E-state index < -0.39 is 9.84 Å². The smallest absolute Gasteiger partial charge is 0.237 e. The molecule has 0 aromatic heterocycles. The van der Waals surface area contributed by atoms with Crippen molar-refractivity contribution < 1.29 is 13.2 Å². The van der Waals surface area contributed by atoms with Crippen LogP contribution in [0.5, 0.6) is 0 Å². The molecule has 1 aliphatic heterocycles. The van der Waals surface area contributed by atoms with Crippen molar-refractivity contribution in [2.75, 3.05) is 25.1 Å². The van der Waals surface area contributed by atoms with Crippen molar-refractivity contribution in [1.29, 1.82) is 0 Å². The van der Waals surface area contributed by atoms with Crippen LogP contribution >= 0.6 is 0 Å². The maximum atomic E-state index is 11.0. The van der Waals surface area contributed by atoms with Crippen LogP contribution in [0.1, 0.15) is 6.42 Å². The van der Waals surface area contributed by atoms with Crippen molar-refractivity contribution in [2.45, 2.75) is 6.42 Å². The molecule has 0 aliphatic carbocycles. The van der Waals surface area contributed by atoms with Crippen molar-refractivity contribution in [1.82, 2.24) is 4.90 Å². The molecule has 1 saturated heterocycles. The molecule has 1 heterocycles. The summed E-state index contributed by atoms with van der Waals surface area (Å²) in [6, 6.07) is 0. The van der Waals surface area contributed by atoms with Gasteiger partial charge in [0.1, 0.15) is 5.75 Å². The van der Waals surface area contributed by atoms with E-state index >= 15 is 0 Å². The fraction of sp³-hybridized carbons (Fsp3) is 0.833. The minimum Gasteiger partial charge on any atom is -0.342 e. The standard InChI is InChI=1S/C6H11NO3S/c1-11(9,10)5-6(8)7-3-2-4-7/h2-5H2,1H3. The number of rotatable bonds is 2. The Morgan fingerprint density at radius 1 is 1.45 bits per heavy atom. The molecule has 1 aliphatic rings. The van der Waals surface area contributed by atoms with Gasteiger partial charge in [0, 0.05) is 19.3 Å². The maximum absolute atomic E-state index is 11.0.